The number of hydrogen-bond acceptors (Lipinski definition) is 20. The zero-order chi connectivity index (χ0) is 97.3. The zero-order valence-corrected chi connectivity index (χ0v) is 89.7. The topological polar surface area (TPSA) is 226 Å². The van der Waals surface area contributed by atoms with E-state index < -0.39 is 12.6 Å². The van der Waals surface area contributed by atoms with Crippen molar-refractivity contribution < 1.29 is 86.2 Å². The Morgan fingerprint density at radius 3 is 0.597 bits per heavy atom. The van der Waals surface area contributed by atoms with E-state index in [9.17, 15) is 29.4 Å². The quantitative estimate of drug-likeness (QED) is 0.0250. The van der Waals surface area contributed by atoms with Crippen LogP contribution in [0.5, 0.6) is 0 Å². The van der Waals surface area contributed by atoms with Gasteiger partial charge in [0.1, 0.15) is 0 Å². The third-order valence-electron chi connectivity index (χ3n) is 26.5. The Morgan fingerprint density at radius 2 is 0.373 bits per heavy atom. The summed E-state index contributed by atoms with van der Waals surface area (Å²) in [5.74, 6) is 0.680. The lowest BCUT2D eigenvalue weighted by Gasteiger charge is -2.24. The van der Waals surface area contributed by atoms with Gasteiger partial charge in [0.15, 0.2) is 25.2 Å². The minimum absolute atomic E-state index is 0.147. The van der Waals surface area contributed by atoms with Crippen molar-refractivity contribution in [3.63, 3.8) is 0 Å². The molecule has 2 N–H and O–H groups in total. The third kappa shape index (κ3) is 96.9. The van der Waals surface area contributed by atoms with E-state index in [1.54, 1.807) is 0 Å². The number of aliphatic hydroxyl groups excluding tert-OH is 2. The van der Waals surface area contributed by atoms with Crippen molar-refractivity contribution in [2.24, 2.45) is 11.8 Å². The summed E-state index contributed by atoms with van der Waals surface area (Å²) in [6.45, 7) is 31.9. The van der Waals surface area contributed by atoms with Gasteiger partial charge in [0.05, 0.1) is 52.1 Å². The van der Waals surface area contributed by atoms with E-state index in [0.717, 1.165) is 219 Å². The van der Waals surface area contributed by atoms with Crippen molar-refractivity contribution in [2.45, 2.75) is 569 Å². The number of rotatable bonds is 115. The second-order valence-corrected chi connectivity index (χ2v) is 39.5. The summed E-state index contributed by atoms with van der Waals surface area (Å²) < 4.78 is 72.9. The number of aliphatic hydroxyl groups is 2. The average molecular weight is 1910 g/mol. The molecule has 4 unspecified atom stereocenters. The van der Waals surface area contributed by atoms with Crippen LogP contribution in [-0.4, -0.2) is 201 Å². The number of unbranched alkanes of at least 4 members (excludes halogenated alkanes) is 50. The molecule has 134 heavy (non-hydrogen) atoms. The number of esters is 4. The summed E-state index contributed by atoms with van der Waals surface area (Å²) in [5, 5.41) is 19.0. The van der Waals surface area contributed by atoms with Crippen LogP contribution in [-0.2, 0) is 76.0 Å². The highest BCUT2D eigenvalue weighted by molar-refractivity contribution is 5.70. The fourth-order valence-corrected chi connectivity index (χ4v) is 17.7. The smallest absolute Gasteiger partial charge is 0.305 e. The maximum absolute atomic E-state index is 13.1. The van der Waals surface area contributed by atoms with Crippen LogP contribution in [0.2, 0.25) is 0 Å². The van der Waals surface area contributed by atoms with Gasteiger partial charge >= 0.3 is 23.9 Å². The van der Waals surface area contributed by atoms with Crippen molar-refractivity contribution in [3.05, 3.63) is 0 Å². The molecule has 0 saturated heterocycles. The fraction of sp³-hybridized carbons (Fsp3) is 0.965. The molecule has 0 radical (unpaired) electrons. The summed E-state index contributed by atoms with van der Waals surface area (Å²) >= 11 is 0. The van der Waals surface area contributed by atoms with Gasteiger partial charge in [-0.3, -0.25) is 19.2 Å². The molecule has 0 aromatic carbocycles. The summed E-state index contributed by atoms with van der Waals surface area (Å²) in [7, 11) is 0. The van der Waals surface area contributed by atoms with Gasteiger partial charge in [-0.2, -0.15) is 0 Å². The van der Waals surface area contributed by atoms with Gasteiger partial charge in [0, 0.05) is 91.8 Å². The molecule has 0 spiro atoms. The highest BCUT2D eigenvalue weighted by atomic mass is 16.7. The predicted octanol–water partition coefficient (Wildman–Crippen LogP) is 30.2. The fourth-order valence-electron chi connectivity index (χ4n) is 17.7. The molecule has 0 aromatic rings. The van der Waals surface area contributed by atoms with Crippen LogP contribution < -0.4 is 0 Å². The van der Waals surface area contributed by atoms with Crippen LogP contribution in [0.15, 0.2) is 0 Å². The molecule has 0 aliphatic heterocycles. The molecule has 798 valence electrons. The van der Waals surface area contributed by atoms with Gasteiger partial charge in [-0.25, -0.2) is 0 Å². The Bertz CT molecular complexity index is 2310. The van der Waals surface area contributed by atoms with E-state index in [-0.39, 0.29) is 56.1 Å². The second kappa shape index (κ2) is 109. The molecule has 0 heterocycles. The summed E-state index contributed by atoms with van der Waals surface area (Å²) in [6, 6.07) is 0. The molecule has 20 nitrogen and oxygen atoms in total. The first kappa shape index (κ1) is 131. The van der Waals surface area contributed by atoms with Crippen molar-refractivity contribution in [1.82, 2.24) is 9.80 Å². The Morgan fingerprint density at radius 1 is 0.194 bits per heavy atom. The van der Waals surface area contributed by atoms with Crippen LogP contribution in [0.4, 0.5) is 0 Å². The summed E-state index contributed by atoms with van der Waals surface area (Å²) in [5.41, 5.74) is 0. The number of carbonyl (C=O) groups is 4. The molecule has 0 aliphatic carbocycles. The van der Waals surface area contributed by atoms with Crippen LogP contribution >= 0.6 is 0 Å². The lowest BCUT2D eigenvalue weighted by atomic mass is 9.82. The molecule has 0 fully saturated rings. The Kier molecular flexibility index (Phi) is 107. The number of nitrogens with zero attached hydrogens (tertiary/aromatic N) is 2. The lowest BCUT2D eigenvalue weighted by Crippen LogP contribution is -2.27. The first-order valence-electron chi connectivity index (χ1n) is 58.1. The molecule has 20 heteroatoms. The molecule has 0 aromatic heterocycles. The highest BCUT2D eigenvalue weighted by Crippen LogP contribution is 2.29. The SMILES string of the molecule is CCCCCCCCOC(CCC(=O)OCCCCCCCCN(CCCCO)CCCCCCCCOC(=O)CCC(OCCCCCCCC)OCCCCC(CCC)C(C)CCCCCCOC(CCC(=O)OCCCCCN(CCCCO)CCCCCOC(=O)CCC(OCCCCCCCC)OCCCCCCCC)OCCCCCCCC)OCCCCCCCC. The minimum Gasteiger partial charge on any atom is -0.466 e. The molecular weight excluding hydrogens is 1690 g/mol. The van der Waals surface area contributed by atoms with Crippen LogP contribution in [0, 0.1) is 11.8 Å². The first-order valence-corrected chi connectivity index (χ1v) is 58.1. The van der Waals surface area contributed by atoms with Crippen molar-refractivity contribution in [2.75, 3.05) is 132 Å². The van der Waals surface area contributed by atoms with Crippen LogP contribution in [0.3, 0.4) is 0 Å². The molecule has 0 rings (SSSR count). The van der Waals surface area contributed by atoms with Crippen molar-refractivity contribution in [1.29, 1.82) is 0 Å². The van der Waals surface area contributed by atoms with Crippen LogP contribution in [0.1, 0.15) is 543 Å². The average Bonchev–Trinajstić information content (AvgIpc) is 0.943. The van der Waals surface area contributed by atoms with Gasteiger partial charge in [0.2, 0.25) is 0 Å². The first-order chi connectivity index (χ1) is 65.9. The Labute approximate surface area is 827 Å². The van der Waals surface area contributed by atoms with E-state index in [1.807, 2.05) is 0 Å². The van der Waals surface area contributed by atoms with Crippen molar-refractivity contribution >= 4 is 23.9 Å². The highest BCUT2D eigenvalue weighted by Gasteiger charge is 2.22. The van der Waals surface area contributed by atoms with E-state index in [2.05, 4.69) is 65.2 Å². The molecular formula is C114H224N2O18. The van der Waals surface area contributed by atoms with Crippen molar-refractivity contribution in [3.8, 4) is 0 Å². The minimum atomic E-state index is -0.409. The lowest BCUT2D eigenvalue weighted by molar-refractivity contribution is -0.159. The number of ether oxygens (including phenoxy) is 12. The van der Waals surface area contributed by atoms with Gasteiger partial charge in [-0.1, -0.05) is 351 Å². The summed E-state index contributed by atoms with van der Waals surface area (Å²) in [4.78, 5) is 56.8. The van der Waals surface area contributed by atoms with Gasteiger partial charge in [-0.05, 0) is 192 Å². The Hall–Kier alpha value is -2.60. The Balaban J connectivity index is 4.86. The number of hydrogen-bond donors (Lipinski definition) is 2. The standard InChI is InChI=1S/C114H224N2O18/c1-9-16-22-28-41-64-97-127-111(128-98-65-42-29-23-17-10-2)81-77-107(119)123-93-62-47-36-34-39-54-85-115(89-58-60-91-117)86-55-40-35-37-48-63-94-124-108(120)80-84-114(132-102-69-46-33-27-21-14-6)134-104-73-53-76-106(74-15-7)105(8)75-52-38-49-70-103-133-113(131-101-68-45-32-26-20-13-5)83-79-110(122)126-96-72-51-57-88-116(90-59-61-92-118)87-56-50-71-95-125-109(121)78-82-112(129-99-66-43-30-24-18-11-3)130-100-67-44-31-25-19-12-4/h105-106,111-114,117-118H,9-104H2,1-8H3. The van der Waals surface area contributed by atoms with Gasteiger partial charge in [0.25, 0.3) is 0 Å². The van der Waals surface area contributed by atoms with Crippen LogP contribution in [0.25, 0.3) is 0 Å². The molecule has 0 bridgehead atoms. The maximum atomic E-state index is 13.1. The molecule has 0 saturated carbocycles. The largest absolute Gasteiger partial charge is 0.466 e. The van der Waals surface area contributed by atoms with E-state index in [0.29, 0.717) is 136 Å². The zero-order valence-electron chi connectivity index (χ0n) is 89.7. The van der Waals surface area contributed by atoms with E-state index in [1.165, 1.54) is 257 Å². The summed E-state index contributed by atoms with van der Waals surface area (Å²) in [6.07, 6.45) is 79.4. The normalized spacial score (nSPS) is 12.8. The number of carbonyl (C=O) groups excluding carboxylic acids is 4. The monoisotopic (exact) mass is 1910 g/mol. The van der Waals surface area contributed by atoms with Gasteiger partial charge < -0.3 is 76.9 Å². The molecule has 0 aliphatic rings. The van der Waals surface area contributed by atoms with E-state index in [4.69, 9.17) is 56.8 Å². The predicted molar refractivity (Wildman–Crippen MR) is 557 cm³/mol. The molecule has 4 atom stereocenters. The maximum Gasteiger partial charge on any atom is 0.305 e. The van der Waals surface area contributed by atoms with Gasteiger partial charge in [-0.15, -0.1) is 0 Å². The molecule has 0 amide bonds. The van der Waals surface area contributed by atoms with E-state index >= 15 is 0 Å². The third-order valence-corrected chi connectivity index (χ3v) is 26.5. The second-order valence-electron chi connectivity index (χ2n) is 39.5.